The first kappa shape index (κ1) is 12.5. The van der Waals surface area contributed by atoms with E-state index in [-0.39, 0.29) is 23.7 Å². The van der Waals surface area contributed by atoms with E-state index in [0.29, 0.717) is 5.56 Å². The highest BCUT2D eigenvalue weighted by atomic mass is 19.1. The first-order valence-corrected chi connectivity index (χ1v) is 5.55. The fourth-order valence-electron chi connectivity index (χ4n) is 2.12. The molecule has 1 N–H and O–H groups in total. The van der Waals surface area contributed by atoms with Crippen molar-refractivity contribution in [2.75, 3.05) is 0 Å². The van der Waals surface area contributed by atoms with Crippen LogP contribution < -0.4 is 4.74 Å². The number of fused-ring (bicyclic) bond motifs is 1. The molecule has 1 aromatic carbocycles. The lowest BCUT2D eigenvalue weighted by Crippen LogP contribution is -2.31. The van der Waals surface area contributed by atoms with Gasteiger partial charge < -0.3 is 9.84 Å². The molecule has 0 aliphatic carbocycles. The van der Waals surface area contributed by atoms with Crippen molar-refractivity contribution in [3.05, 3.63) is 29.1 Å². The minimum absolute atomic E-state index is 0.0201. The van der Waals surface area contributed by atoms with Crippen LogP contribution in [0.5, 0.6) is 5.75 Å². The van der Waals surface area contributed by atoms with Crippen LogP contribution in [0.15, 0.2) is 12.1 Å². The van der Waals surface area contributed by atoms with E-state index >= 15 is 0 Å². The van der Waals surface area contributed by atoms with Crippen molar-refractivity contribution >= 4 is 11.9 Å². The molecule has 0 saturated heterocycles. The molecule has 1 heterocycles. The average molecular weight is 252 g/mol. The van der Waals surface area contributed by atoms with Crippen LogP contribution in [0, 0.1) is 5.82 Å². The molecule has 1 aliphatic rings. The SMILES string of the molecule is CC1(C)CC(=O)Oc2cc(CC(=O)O)c(F)cc21. The van der Waals surface area contributed by atoms with Gasteiger partial charge in [0.1, 0.15) is 11.6 Å². The fraction of sp³-hybridized carbons (Fsp3) is 0.385. The van der Waals surface area contributed by atoms with Crippen molar-refractivity contribution < 1.29 is 23.8 Å². The first-order valence-electron chi connectivity index (χ1n) is 5.55. The van der Waals surface area contributed by atoms with Gasteiger partial charge in [-0.25, -0.2) is 4.39 Å². The van der Waals surface area contributed by atoms with E-state index in [4.69, 9.17) is 9.84 Å². The highest BCUT2D eigenvalue weighted by Crippen LogP contribution is 2.40. The molecule has 1 aromatic rings. The van der Waals surface area contributed by atoms with Crippen LogP contribution in [0.25, 0.3) is 0 Å². The van der Waals surface area contributed by atoms with Gasteiger partial charge in [-0.2, -0.15) is 0 Å². The Labute approximate surface area is 103 Å². The van der Waals surface area contributed by atoms with Gasteiger partial charge in [0.05, 0.1) is 12.8 Å². The fourth-order valence-corrected chi connectivity index (χ4v) is 2.12. The number of carbonyl (C=O) groups is 2. The van der Waals surface area contributed by atoms with Crippen molar-refractivity contribution in [1.82, 2.24) is 0 Å². The first-order chi connectivity index (χ1) is 8.29. The number of carboxylic acids is 1. The van der Waals surface area contributed by atoms with Crippen LogP contribution in [-0.4, -0.2) is 17.0 Å². The predicted octanol–water partition coefficient (Wildman–Crippen LogP) is 2.04. The molecule has 0 aromatic heterocycles. The maximum atomic E-state index is 13.8. The van der Waals surface area contributed by atoms with Gasteiger partial charge in [0.15, 0.2) is 0 Å². The number of ether oxygens (including phenoxy) is 1. The van der Waals surface area contributed by atoms with E-state index in [9.17, 15) is 14.0 Å². The monoisotopic (exact) mass is 252 g/mol. The molecular weight excluding hydrogens is 239 g/mol. The summed E-state index contributed by atoms with van der Waals surface area (Å²) in [4.78, 5) is 22.0. The Bertz CT molecular complexity index is 534. The topological polar surface area (TPSA) is 63.6 Å². The third kappa shape index (κ3) is 2.20. The van der Waals surface area contributed by atoms with Crippen LogP contribution in [0.1, 0.15) is 31.4 Å². The molecule has 0 spiro atoms. The summed E-state index contributed by atoms with van der Waals surface area (Å²) in [6.07, 6.45) is -0.255. The van der Waals surface area contributed by atoms with E-state index in [1.165, 1.54) is 12.1 Å². The van der Waals surface area contributed by atoms with Crippen molar-refractivity contribution in [2.24, 2.45) is 0 Å². The lowest BCUT2D eigenvalue weighted by Gasteiger charge is -2.31. The van der Waals surface area contributed by atoms with Gasteiger partial charge in [0, 0.05) is 16.5 Å². The molecule has 0 unspecified atom stereocenters. The number of carbonyl (C=O) groups excluding carboxylic acids is 1. The summed E-state index contributed by atoms with van der Waals surface area (Å²) in [5.74, 6) is -1.84. The molecule has 0 atom stereocenters. The van der Waals surface area contributed by atoms with E-state index in [0.717, 1.165) is 0 Å². The second kappa shape index (κ2) is 4.08. The van der Waals surface area contributed by atoms with Crippen LogP contribution in [-0.2, 0) is 21.4 Å². The van der Waals surface area contributed by atoms with Crippen molar-refractivity contribution in [3.8, 4) is 5.75 Å². The second-order valence-electron chi connectivity index (χ2n) is 5.05. The van der Waals surface area contributed by atoms with Crippen molar-refractivity contribution in [2.45, 2.75) is 32.1 Å². The third-order valence-electron chi connectivity index (χ3n) is 3.03. The zero-order valence-electron chi connectivity index (χ0n) is 10.1. The number of halogens is 1. The van der Waals surface area contributed by atoms with Gasteiger partial charge >= 0.3 is 11.9 Å². The number of esters is 1. The van der Waals surface area contributed by atoms with Gasteiger partial charge in [0.25, 0.3) is 0 Å². The zero-order valence-corrected chi connectivity index (χ0v) is 10.1. The van der Waals surface area contributed by atoms with Crippen LogP contribution >= 0.6 is 0 Å². The second-order valence-corrected chi connectivity index (χ2v) is 5.05. The number of aliphatic carboxylic acids is 1. The number of hydrogen-bond donors (Lipinski definition) is 1. The van der Waals surface area contributed by atoms with Crippen LogP contribution in [0.3, 0.4) is 0 Å². The summed E-state index contributed by atoms with van der Waals surface area (Å²) >= 11 is 0. The minimum atomic E-state index is -1.13. The summed E-state index contributed by atoms with van der Waals surface area (Å²) in [6, 6.07) is 2.57. The van der Waals surface area contributed by atoms with E-state index in [1.54, 1.807) is 0 Å². The third-order valence-corrected chi connectivity index (χ3v) is 3.03. The molecule has 0 radical (unpaired) electrons. The molecule has 96 valence electrons. The lowest BCUT2D eigenvalue weighted by atomic mass is 9.79. The maximum absolute atomic E-state index is 13.8. The predicted molar refractivity (Wildman–Crippen MR) is 61.0 cm³/mol. The molecule has 0 fully saturated rings. The molecule has 0 bridgehead atoms. The van der Waals surface area contributed by atoms with Gasteiger partial charge in [-0.3, -0.25) is 9.59 Å². The van der Waals surface area contributed by atoms with Crippen LogP contribution in [0.4, 0.5) is 4.39 Å². The molecule has 0 amide bonds. The highest BCUT2D eigenvalue weighted by molar-refractivity contribution is 5.78. The molecule has 18 heavy (non-hydrogen) atoms. The summed E-state index contributed by atoms with van der Waals surface area (Å²) < 4.78 is 18.8. The van der Waals surface area contributed by atoms with Gasteiger partial charge in [-0.1, -0.05) is 13.8 Å². The van der Waals surface area contributed by atoms with E-state index in [1.807, 2.05) is 13.8 Å². The van der Waals surface area contributed by atoms with E-state index in [2.05, 4.69) is 0 Å². The van der Waals surface area contributed by atoms with Crippen molar-refractivity contribution in [3.63, 3.8) is 0 Å². The number of rotatable bonds is 2. The molecule has 4 nitrogen and oxygen atoms in total. The van der Waals surface area contributed by atoms with Gasteiger partial charge in [0.2, 0.25) is 0 Å². The molecule has 5 heteroatoms. The summed E-state index contributed by atoms with van der Waals surface area (Å²) in [5, 5.41) is 8.68. The average Bonchev–Trinajstić information content (AvgIpc) is 2.19. The highest BCUT2D eigenvalue weighted by Gasteiger charge is 2.34. The largest absolute Gasteiger partial charge is 0.481 e. The Hall–Kier alpha value is -1.91. The van der Waals surface area contributed by atoms with Crippen LogP contribution in [0.2, 0.25) is 0 Å². The van der Waals surface area contributed by atoms with Gasteiger partial charge in [-0.15, -0.1) is 0 Å². The Morgan fingerprint density at radius 3 is 2.78 bits per heavy atom. The molecule has 1 aliphatic heterocycles. The number of carboxylic acid groups (broad SMARTS) is 1. The summed E-state index contributed by atoms with van der Waals surface area (Å²) in [7, 11) is 0. The summed E-state index contributed by atoms with van der Waals surface area (Å²) in [6.45, 7) is 3.64. The molecule has 2 rings (SSSR count). The van der Waals surface area contributed by atoms with Gasteiger partial charge in [-0.05, 0) is 12.1 Å². The lowest BCUT2D eigenvalue weighted by molar-refractivity contribution is -0.137. The maximum Gasteiger partial charge on any atom is 0.312 e. The minimum Gasteiger partial charge on any atom is -0.481 e. The Morgan fingerprint density at radius 2 is 2.17 bits per heavy atom. The number of hydrogen-bond acceptors (Lipinski definition) is 3. The Balaban J connectivity index is 2.52. The summed E-state index contributed by atoms with van der Waals surface area (Å²) in [5.41, 5.74) is 0.105. The quantitative estimate of drug-likeness (QED) is 0.646. The number of benzene rings is 1. The Kier molecular flexibility index (Phi) is 2.84. The zero-order chi connectivity index (χ0) is 13.5. The van der Waals surface area contributed by atoms with E-state index < -0.39 is 23.6 Å². The normalized spacial score (nSPS) is 16.9. The standard InChI is InChI=1S/C13H13FO4/c1-13(2)6-12(17)18-10-3-7(4-11(15)16)9(14)5-8(10)13/h3,5H,4,6H2,1-2H3,(H,15,16). The molecular formula is C13H13FO4. The van der Waals surface area contributed by atoms with Crippen molar-refractivity contribution in [1.29, 1.82) is 0 Å². The smallest absolute Gasteiger partial charge is 0.312 e. The Morgan fingerprint density at radius 1 is 1.50 bits per heavy atom. The molecule has 0 saturated carbocycles.